The fraction of sp³-hybridized carbons (Fsp3) is 0.350. The van der Waals surface area contributed by atoms with E-state index in [0.717, 1.165) is 0 Å². The number of ketones is 1. The summed E-state index contributed by atoms with van der Waals surface area (Å²) < 4.78 is 0. The van der Waals surface area contributed by atoms with Crippen LogP contribution in [0.5, 0.6) is 11.5 Å². The second-order valence-electron chi connectivity index (χ2n) is 7.40. The molecule has 2 aliphatic carbocycles. The summed E-state index contributed by atoms with van der Waals surface area (Å²) in [6.07, 6.45) is 1.17. The van der Waals surface area contributed by atoms with Crippen molar-refractivity contribution in [2.45, 2.75) is 43.3 Å². The lowest BCUT2D eigenvalue weighted by Crippen LogP contribution is -2.52. The number of phenols is 2. The van der Waals surface area contributed by atoms with Crippen LogP contribution in [0.25, 0.3) is 10.8 Å². The maximum absolute atomic E-state index is 12.7. The van der Waals surface area contributed by atoms with Crippen LogP contribution in [0, 0.1) is 0 Å². The average Bonchev–Trinajstić information content (AvgIpc) is 2.52. The largest absolute Gasteiger partial charge is 0.512 e. The number of phenolic OH excluding ortho intramolecular Hbond substituents is 2. The molecule has 5 N–H and O–H groups in total. The van der Waals surface area contributed by atoms with Crippen molar-refractivity contribution < 1.29 is 30.3 Å². The Kier molecular flexibility index (Phi) is 3.39. The van der Waals surface area contributed by atoms with Crippen molar-refractivity contribution in [1.29, 1.82) is 0 Å². The van der Waals surface area contributed by atoms with E-state index in [4.69, 9.17) is 0 Å². The van der Waals surface area contributed by atoms with Crippen LogP contribution < -0.4 is 0 Å². The first-order chi connectivity index (χ1) is 12.2. The molecule has 0 spiro atoms. The number of fused-ring (bicyclic) bond motifs is 4. The van der Waals surface area contributed by atoms with Crippen molar-refractivity contribution in [3.63, 3.8) is 0 Å². The van der Waals surface area contributed by atoms with Crippen molar-refractivity contribution in [2.75, 3.05) is 0 Å². The number of aliphatic hydroxyl groups is 3. The van der Waals surface area contributed by atoms with Crippen LogP contribution in [0.2, 0.25) is 0 Å². The number of benzene rings is 2. The minimum absolute atomic E-state index is 0.00411. The maximum atomic E-state index is 12.7. The molecular weight excluding hydrogens is 336 g/mol. The molecule has 2 aromatic rings. The summed E-state index contributed by atoms with van der Waals surface area (Å²) in [6, 6.07) is 6.28. The molecule has 2 aromatic carbocycles. The SMILES string of the molecule is CCC1(O)C=C(O)C2c3cc4cccc(O)c4c(O)c3C(=O)CC2(O)C1. The van der Waals surface area contributed by atoms with Gasteiger partial charge in [-0.15, -0.1) is 0 Å². The molecule has 0 heterocycles. The predicted molar refractivity (Wildman–Crippen MR) is 94.5 cm³/mol. The van der Waals surface area contributed by atoms with Crippen LogP contribution in [0.3, 0.4) is 0 Å². The second kappa shape index (κ2) is 5.22. The molecule has 4 rings (SSSR count). The maximum Gasteiger partial charge on any atom is 0.169 e. The van der Waals surface area contributed by atoms with Gasteiger partial charge in [-0.25, -0.2) is 0 Å². The third-order valence-corrected chi connectivity index (χ3v) is 5.68. The normalized spacial score (nSPS) is 30.7. The van der Waals surface area contributed by atoms with Crippen molar-refractivity contribution in [1.82, 2.24) is 0 Å². The highest BCUT2D eigenvalue weighted by molar-refractivity contribution is 6.09. The molecule has 3 atom stereocenters. The summed E-state index contributed by atoms with van der Waals surface area (Å²) in [6.45, 7) is 1.73. The van der Waals surface area contributed by atoms with Crippen LogP contribution in [-0.2, 0) is 0 Å². The molecule has 3 unspecified atom stereocenters. The molecule has 0 aromatic heterocycles. The zero-order valence-corrected chi connectivity index (χ0v) is 14.2. The van der Waals surface area contributed by atoms with Gasteiger partial charge in [-0.1, -0.05) is 19.1 Å². The Morgan fingerprint density at radius 1 is 1.19 bits per heavy atom. The van der Waals surface area contributed by atoms with Crippen LogP contribution in [-0.4, -0.2) is 42.5 Å². The van der Waals surface area contributed by atoms with Gasteiger partial charge in [0.15, 0.2) is 5.78 Å². The first-order valence-corrected chi connectivity index (χ1v) is 8.56. The fourth-order valence-electron chi connectivity index (χ4n) is 4.48. The average molecular weight is 356 g/mol. The lowest BCUT2D eigenvalue weighted by atomic mass is 9.62. The standard InChI is InChI=1S/C20H20O6/c1-2-19(25)7-14(23)17-11-6-10-4-3-5-12(21)15(10)18(24)16(11)13(22)8-20(17,26)9-19/h3-7,17,21,23-26H,2,8-9H2,1H3. The highest BCUT2D eigenvalue weighted by atomic mass is 16.3. The predicted octanol–water partition coefficient (Wildman–Crippen LogP) is 2.64. The summed E-state index contributed by atoms with van der Waals surface area (Å²) in [5.74, 6) is -2.16. The number of hydrogen-bond acceptors (Lipinski definition) is 6. The smallest absolute Gasteiger partial charge is 0.169 e. The van der Waals surface area contributed by atoms with Gasteiger partial charge in [0, 0.05) is 12.8 Å². The van der Waals surface area contributed by atoms with Gasteiger partial charge in [0.05, 0.1) is 28.1 Å². The minimum atomic E-state index is -1.65. The molecule has 0 fully saturated rings. The fourth-order valence-corrected chi connectivity index (χ4v) is 4.48. The third-order valence-electron chi connectivity index (χ3n) is 5.68. The van der Waals surface area contributed by atoms with Crippen molar-refractivity contribution >= 4 is 16.6 Å². The van der Waals surface area contributed by atoms with E-state index in [0.29, 0.717) is 10.9 Å². The summed E-state index contributed by atoms with van der Waals surface area (Å²) in [5.41, 5.74) is -2.75. The van der Waals surface area contributed by atoms with E-state index in [-0.39, 0.29) is 47.5 Å². The summed E-state index contributed by atoms with van der Waals surface area (Å²) in [5, 5.41) is 53.7. The van der Waals surface area contributed by atoms with Gasteiger partial charge in [0.25, 0.3) is 0 Å². The Hall–Kier alpha value is -2.57. The van der Waals surface area contributed by atoms with E-state index in [1.165, 1.54) is 12.1 Å². The van der Waals surface area contributed by atoms with Gasteiger partial charge < -0.3 is 25.5 Å². The quantitative estimate of drug-likeness (QED) is 0.536. The number of rotatable bonds is 1. The molecule has 0 radical (unpaired) electrons. The molecule has 6 heteroatoms. The first kappa shape index (κ1) is 16.9. The second-order valence-corrected chi connectivity index (χ2v) is 7.40. The number of carbonyl (C=O) groups excluding carboxylic acids is 1. The number of aromatic hydroxyl groups is 2. The molecule has 0 saturated carbocycles. The van der Waals surface area contributed by atoms with Gasteiger partial charge >= 0.3 is 0 Å². The number of aliphatic hydroxyl groups excluding tert-OH is 1. The van der Waals surface area contributed by atoms with Gasteiger partial charge in [-0.05, 0) is 35.6 Å². The monoisotopic (exact) mass is 356 g/mol. The lowest BCUT2D eigenvalue weighted by Gasteiger charge is -2.47. The molecular formula is C20H20O6. The third kappa shape index (κ3) is 2.15. The van der Waals surface area contributed by atoms with Crippen molar-refractivity contribution in [3.05, 3.63) is 47.2 Å². The Balaban J connectivity index is 2.04. The van der Waals surface area contributed by atoms with Crippen LogP contribution >= 0.6 is 0 Å². The topological polar surface area (TPSA) is 118 Å². The van der Waals surface area contributed by atoms with E-state index < -0.39 is 22.9 Å². The molecule has 2 aliphatic rings. The van der Waals surface area contributed by atoms with Crippen LogP contribution in [0.1, 0.15) is 48.0 Å². The zero-order valence-electron chi connectivity index (χ0n) is 14.2. The molecule has 0 bridgehead atoms. The molecule has 6 nitrogen and oxygen atoms in total. The highest BCUT2D eigenvalue weighted by Gasteiger charge is 2.54. The van der Waals surface area contributed by atoms with Gasteiger partial charge in [0.2, 0.25) is 0 Å². The number of Topliss-reactive ketones (excluding diaryl/α,β-unsaturated/α-hetero) is 1. The van der Waals surface area contributed by atoms with Gasteiger partial charge in [0.1, 0.15) is 17.3 Å². The summed E-state index contributed by atoms with van der Waals surface area (Å²) >= 11 is 0. The summed E-state index contributed by atoms with van der Waals surface area (Å²) in [7, 11) is 0. The molecule has 26 heavy (non-hydrogen) atoms. The molecule has 0 saturated heterocycles. The highest BCUT2D eigenvalue weighted by Crippen LogP contribution is 2.53. The van der Waals surface area contributed by atoms with E-state index in [2.05, 4.69) is 0 Å². The van der Waals surface area contributed by atoms with Crippen LogP contribution in [0.15, 0.2) is 36.1 Å². The zero-order chi connectivity index (χ0) is 18.9. The van der Waals surface area contributed by atoms with E-state index in [1.807, 2.05) is 0 Å². The van der Waals surface area contributed by atoms with Crippen molar-refractivity contribution in [3.8, 4) is 11.5 Å². The number of hydrogen-bond donors (Lipinski definition) is 5. The van der Waals surface area contributed by atoms with Gasteiger partial charge in [-0.3, -0.25) is 4.79 Å². The van der Waals surface area contributed by atoms with Crippen molar-refractivity contribution in [2.24, 2.45) is 0 Å². The Labute approximate surface area is 149 Å². The number of carbonyl (C=O) groups is 1. The summed E-state index contributed by atoms with van der Waals surface area (Å²) in [4.78, 5) is 12.7. The van der Waals surface area contributed by atoms with Gasteiger partial charge in [-0.2, -0.15) is 0 Å². The molecule has 136 valence electrons. The Morgan fingerprint density at radius 2 is 1.92 bits per heavy atom. The van der Waals surface area contributed by atoms with E-state index in [9.17, 15) is 30.3 Å². The van der Waals surface area contributed by atoms with E-state index >= 15 is 0 Å². The molecule has 0 amide bonds. The Morgan fingerprint density at radius 3 is 2.62 bits per heavy atom. The van der Waals surface area contributed by atoms with E-state index in [1.54, 1.807) is 25.1 Å². The Bertz CT molecular complexity index is 978. The molecule has 0 aliphatic heterocycles. The minimum Gasteiger partial charge on any atom is -0.512 e. The lowest BCUT2D eigenvalue weighted by molar-refractivity contribution is -0.0753. The van der Waals surface area contributed by atoms with Crippen LogP contribution in [0.4, 0.5) is 0 Å². The first-order valence-electron chi connectivity index (χ1n) is 8.56.